The number of carbonyl (C=O) groups is 1. The fourth-order valence-corrected chi connectivity index (χ4v) is 1.86. The van der Waals surface area contributed by atoms with Gasteiger partial charge in [-0.15, -0.1) is 0 Å². The molecule has 2 nitrogen and oxygen atoms in total. The van der Waals surface area contributed by atoms with Gasteiger partial charge >= 0.3 is 0 Å². The molecule has 94 valence electrons. The van der Waals surface area contributed by atoms with E-state index in [9.17, 15) is 4.79 Å². The lowest BCUT2D eigenvalue weighted by atomic mass is 10.1. The van der Waals surface area contributed by atoms with Crippen LogP contribution in [0.4, 0.5) is 0 Å². The van der Waals surface area contributed by atoms with Crippen LogP contribution in [0, 0.1) is 0 Å². The molecule has 0 atom stereocenters. The maximum atomic E-state index is 12.2. The molecule has 1 amide bonds. The molecule has 0 aromatic heterocycles. The maximum absolute atomic E-state index is 12.2. The van der Waals surface area contributed by atoms with Gasteiger partial charge in [-0.25, -0.2) is 0 Å². The molecule has 0 unspecified atom stereocenters. The molecule has 0 saturated heterocycles. The Morgan fingerprint density at radius 3 is 2.41 bits per heavy atom. The Morgan fingerprint density at radius 2 is 1.94 bits per heavy atom. The number of benzene rings is 1. The summed E-state index contributed by atoms with van der Waals surface area (Å²) in [4.78, 5) is 13.9. The third kappa shape index (κ3) is 3.36. The van der Waals surface area contributed by atoms with Crippen LogP contribution in [-0.4, -0.2) is 28.7 Å². The van der Waals surface area contributed by atoms with Crippen molar-refractivity contribution in [3.8, 4) is 0 Å². The Kier molecular flexibility index (Phi) is 4.87. The first-order valence-electron chi connectivity index (χ1n) is 5.09. The minimum Gasteiger partial charge on any atom is -0.336 e. The second kappa shape index (κ2) is 5.59. The summed E-state index contributed by atoms with van der Waals surface area (Å²) in [6.45, 7) is 3.97. The topological polar surface area (TPSA) is 20.3 Å². The van der Waals surface area contributed by atoms with Crippen LogP contribution in [0.2, 0.25) is 10.0 Å². The number of hydrogen-bond acceptors (Lipinski definition) is 1. The highest BCUT2D eigenvalue weighted by Gasteiger charge is 2.27. The molecule has 1 aromatic rings. The van der Waals surface area contributed by atoms with E-state index < -0.39 is 0 Å². The van der Waals surface area contributed by atoms with Crippen LogP contribution in [0.3, 0.4) is 0 Å². The van der Waals surface area contributed by atoms with Crippen molar-refractivity contribution < 1.29 is 4.79 Å². The van der Waals surface area contributed by atoms with E-state index in [1.165, 1.54) is 0 Å². The summed E-state index contributed by atoms with van der Waals surface area (Å²) >= 11 is 15.1. The van der Waals surface area contributed by atoms with Crippen LogP contribution in [0.5, 0.6) is 0 Å². The Balaban J connectivity index is 3.01. The number of hydrogen-bond donors (Lipinski definition) is 0. The minimum atomic E-state index is -0.261. The highest BCUT2D eigenvalue weighted by atomic mass is 79.9. The van der Waals surface area contributed by atoms with Crippen LogP contribution < -0.4 is 0 Å². The van der Waals surface area contributed by atoms with E-state index in [2.05, 4.69) is 15.9 Å². The van der Waals surface area contributed by atoms with Crippen LogP contribution in [-0.2, 0) is 0 Å². The first kappa shape index (κ1) is 14.8. The number of nitrogens with zero attached hydrogens (tertiary/aromatic N) is 1. The van der Waals surface area contributed by atoms with Crippen LogP contribution in [0.15, 0.2) is 18.2 Å². The van der Waals surface area contributed by atoms with Gasteiger partial charge < -0.3 is 4.90 Å². The number of halogens is 3. The molecule has 17 heavy (non-hydrogen) atoms. The fourth-order valence-electron chi connectivity index (χ4n) is 1.19. The molecule has 0 spiro atoms. The largest absolute Gasteiger partial charge is 0.336 e. The van der Waals surface area contributed by atoms with Crippen molar-refractivity contribution in [3.05, 3.63) is 33.8 Å². The molecule has 0 saturated carbocycles. The van der Waals surface area contributed by atoms with Crippen molar-refractivity contribution in [2.24, 2.45) is 0 Å². The quantitative estimate of drug-likeness (QED) is 0.755. The molecule has 5 heteroatoms. The second-order valence-electron chi connectivity index (χ2n) is 4.44. The molecule has 0 N–H and O–H groups in total. The first-order chi connectivity index (χ1) is 7.79. The van der Waals surface area contributed by atoms with E-state index in [0.717, 1.165) is 0 Å². The van der Waals surface area contributed by atoms with Crippen LogP contribution >= 0.6 is 39.1 Å². The van der Waals surface area contributed by atoms with Crippen molar-refractivity contribution in [2.45, 2.75) is 19.4 Å². The summed E-state index contributed by atoms with van der Waals surface area (Å²) in [5, 5.41) is 1.54. The number of alkyl halides is 1. The normalized spacial score (nSPS) is 11.4. The summed E-state index contributed by atoms with van der Waals surface area (Å²) < 4.78 is 0. The van der Waals surface area contributed by atoms with Gasteiger partial charge in [0.1, 0.15) is 0 Å². The van der Waals surface area contributed by atoms with E-state index in [1.54, 1.807) is 30.1 Å². The van der Waals surface area contributed by atoms with E-state index in [1.807, 2.05) is 13.8 Å². The van der Waals surface area contributed by atoms with Crippen molar-refractivity contribution >= 4 is 45.0 Å². The SMILES string of the molecule is CN(C(=O)c1ccc(Cl)c(Cl)c1)C(C)(C)CBr. The number of carbonyl (C=O) groups excluding carboxylic acids is 1. The van der Waals surface area contributed by atoms with Gasteiger partial charge in [0, 0.05) is 23.5 Å². The minimum absolute atomic E-state index is 0.0759. The molecular formula is C12H14BrCl2NO. The molecule has 0 aliphatic carbocycles. The monoisotopic (exact) mass is 337 g/mol. The van der Waals surface area contributed by atoms with Crippen molar-refractivity contribution in [3.63, 3.8) is 0 Å². The highest BCUT2D eigenvalue weighted by molar-refractivity contribution is 9.09. The molecule has 0 bridgehead atoms. The van der Waals surface area contributed by atoms with E-state index in [-0.39, 0.29) is 11.4 Å². The van der Waals surface area contributed by atoms with Gasteiger partial charge in [-0.3, -0.25) is 4.79 Å². The average molecular weight is 339 g/mol. The molecule has 0 aliphatic rings. The Morgan fingerprint density at radius 1 is 1.35 bits per heavy atom. The van der Waals surface area contributed by atoms with Gasteiger partial charge in [-0.2, -0.15) is 0 Å². The summed E-state index contributed by atoms with van der Waals surface area (Å²) in [5.41, 5.74) is 0.277. The predicted octanol–water partition coefficient (Wildman–Crippen LogP) is 4.24. The molecule has 0 fully saturated rings. The zero-order chi connectivity index (χ0) is 13.2. The summed E-state index contributed by atoms with van der Waals surface area (Å²) in [5.74, 6) is -0.0759. The summed E-state index contributed by atoms with van der Waals surface area (Å²) in [6, 6.07) is 4.90. The van der Waals surface area contributed by atoms with Crippen LogP contribution in [0.1, 0.15) is 24.2 Å². The highest BCUT2D eigenvalue weighted by Crippen LogP contribution is 2.25. The molecule has 1 aromatic carbocycles. The van der Waals surface area contributed by atoms with Gasteiger partial charge in [0.05, 0.1) is 10.0 Å². The fraction of sp³-hybridized carbons (Fsp3) is 0.417. The zero-order valence-electron chi connectivity index (χ0n) is 9.93. The molecule has 0 radical (unpaired) electrons. The van der Waals surface area contributed by atoms with Gasteiger partial charge in [-0.05, 0) is 32.0 Å². The molecule has 0 aliphatic heterocycles. The van der Waals surface area contributed by atoms with Crippen LogP contribution in [0.25, 0.3) is 0 Å². The average Bonchev–Trinajstić information content (AvgIpc) is 2.30. The van der Waals surface area contributed by atoms with Crippen molar-refractivity contribution in [1.82, 2.24) is 4.90 Å². The van der Waals surface area contributed by atoms with Gasteiger partial charge in [0.2, 0.25) is 0 Å². The Bertz CT molecular complexity index is 435. The zero-order valence-corrected chi connectivity index (χ0v) is 13.0. The lowest BCUT2D eigenvalue weighted by Crippen LogP contribution is -2.46. The Labute approximate surface area is 120 Å². The summed E-state index contributed by atoms with van der Waals surface area (Å²) in [7, 11) is 1.77. The maximum Gasteiger partial charge on any atom is 0.254 e. The molecule has 1 rings (SSSR count). The van der Waals surface area contributed by atoms with E-state index in [4.69, 9.17) is 23.2 Å². The van der Waals surface area contributed by atoms with Gasteiger partial charge in [0.15, 0.2) is 0 Å². The third-order valence-electron chi connectivity index (χ3n) is 2.71. The number of rotatable bonds is 3. The molecule has 0 heterocycles. The molecular weight excluding hydrogens is 325 g/mol. The first-order valence-corrected chi connectivity index (χ1v) is 6.96. The second-order valence-corrected chi connectivity index (χ2v) is 5.81. The number of amides is 1. The van der Waals surface area contributed by atoms with Crippen molar-refractivity contribution in [2.75, 3.05) is 12.4 Å². The van der Waals surface area contributed by atoms with Crippen molar-refractivity contribution in [1.29, 1.82) is 0 Å². The standard InChI is InChI=1S/C12H14BrCl2NO/c1-12(2,7-13)16(3)11(17)8-4-5-9(14)10(15)6-8/h4-6H,7H2,1-3H3. The van der Waals surface area contributed by atoms with Gasteiger partial charge in [-0.1, -0.05) is 39.1 Å². The van der Waals surface area contributed by atoms with Gasteiger partial charge in [0.25, 0.3) is 5.91 Å². The predicted molar refractivity (Wildman–Crippen MR) is 76.4 cm³/mol. The Hall–Kier alpha value is -0.250. The van der Waals surface area contributed by atoms with E-state index >= 15 is 0 Å². The van der Waals surface area contributed by atoms with E-state index in [0.29, 0.717) is 20.9 Å². The lowest BCUT2D eigenvalue weighted by molar-refractivity contribution is 0.0663. The lowest BCUT2D eigenvalue weighted by Gasteiger charge is -2.34. The smallest absolute Gasteiger partial charge is 0.254 e. The summed E-state index contributed by atoms with van der Waals surface area (Å²) in [6.07, 6.45) is 0. The third-order valence-corrected chi connectivity index (χ3v) is 4.82.